The Kier molecular flexibility index (Phi) is 5.90. The second-order valence-electron chi connectivity index (χ2n) is 10.4. The lowest BCUT2D eigenvalue weighted by Crippen LogP contribution is -2.54. The number of carbonyl (C=O) groups excluding carboxylic acids is 3. The lowest BCUT2D eigenvalue weighted by molar-refractivity contribution is -0.122. The van der Waals surface area contributed by atoms with Crippen LogP contribution in [-0.2, 0) is 15.0 Å². The topological polar surface area (TPSA) is 88.1 Å². The molecule has 1 heterocycles. The van der Waals surface area contributed by atoms with Gasteiger partial charge in [0.05, 0.1) is 30.0 Å². The fourth-order valence-electron chi connectivity index (χ4n) is 6.92. The van der Waals surface area contributed by atoms with Crippen LogP contribution in [0.15, 0.2) is 107 Å². The molecule has 0 radical (unpaired) electrons. The summed E-state index contributed by atoms with van der Waals surface area (Å²) in [6.45, 7) is 0. The van der Waals surface area contributed by atoms with Gasteiger partial charge in [0.25, 0.3) is 5.91 Å². The molecule has 8 heteroatoms. The molecule has 3 aliphatic carbocycles. The van der Waals surface area contributed by atoms with Crippen molar-refractivity contribution >= 4 is 45.6 Å². The smallest absolute Gasteiger partial charge is 0.271 e. The molecule has 7 nitrogen and oxygen atoms in total. The zero-order valence-corrected chi connectivity index (χ0v) is 23.5. The van der Waals surface area contributed by atoms with Gasteiger partial charge in [0.1, 0.15) is 5.75 Å². The normalized spacial score (nSPS) is 23.8. The Morgan fingerprint density at radius 1 is 0.902 bits per heavy atom. The minimum Gasteiger partial charge on any atom is -0.497 e. The highest BCUT2D eigenvalue weighted by molar-refractivity contribution is 9.10. The number of hydrogen-bond donors (Lipinski definition) is 1. The number of methoxy groups -OCH3 is 1. The van der Waals surface area contributed by atoms with Crippen LogP contribution in [0.25, 0.3) is 0 Å². The van der Waals surface area contributed by atoms with Crippen molar-refractivity contribution < 1.29 is 19.1 Å². The maximum atomic E-state index is 14.4. The minimum absolute atomic E-state index is 0.227. The third-order valence-electron chi connectivity index (χ3n) is 8.53. The van der Waals surface area contributed by atoms with E-state index in [0.29, 0.717) is 17.0 Å². The number of amides is 3. The summed E-state index contributed by atoms with van der Waals surface area (Å²) < 4.78 is 6.10. The Balaban J connectivity index is 1.38. The van der Waals surface area contributed by atoms with Crippen molar-refractivity contribution in [3.8, 4) is 5.75 Å². The molecule has 1 aliphatic heterocycles. The van der Waals surface area contributed by atoms with Gasteiger partial charge in [-0.1, -0.05) is 70.5 Å². The van der Waals surface area contributed by atoms with Crippen LogP contribution in [-0.4, -0.2) is 31.0 Å². The Morgan fingerprint density at radius 2 is 1.56 bits per heavy atom. The molecule has 2 bridgehead atoms. The predicted octanol–water partition coefficient (Wildman–Crippen LogP) is 5.42. The van der Waals surface area contributed by atoms with E-state index in [1.54, 1.807) is 42.6 Å². The van der Waals surface area contributed by atoms with Crippen molar-refractivity contribution in [3.63, 3.8) is 0 Å². The lowest BCUT2D eigenvalue weighted by atomic mass is 9.47. The Hall–Kier alpha value is -4.56. The monoisotopic (exact) mass is 605 g/mol. The van der Waals surface area contributed by atoms with Gasteiger partial charge in [-0.15, -0.1) is 0 Å². The second-order valence-corrected chi connectivity index (χ2v) is 11.4. The molecule has 41 heavy (non-hydrogen) atoms. The quantitative estimate of drug-likeness (QED) is 0.187. The number of benzene rings is 4. The van der Waals surface area contributed by atoms with E-state index in [1.807, 2.05) is 60.7 Å². The van der Waals surface area contributed by atoms with Crippen LogP contribution in [0.5, 0.6) is 5.75 Å². The number of halogens is 1. The van der Waals surface area contributed by atoms with Crippen LogP contribution in [0.4, 0.5) is 5.69 Å². The number of rotatable bonds is 5. The molecular weight excluding hydrogens is 582 g/mol. The van der Waals surface area contributed by atoms with Gasteiger partial charge in [0.2, 0.25) is 11.8 Å². The van der Waals surface area contributed by atoms with Crippen LogP contribution in [0.2, 0.25) is 0 Å². The molecule has 202 valence electrons. The molecule has 0 spiro atoms. The van der Waals surface area contributed by atoms with Crippen molar-refractivity contribution in [2.75, 3.05) is 12.0 Å². The summed E-state index contributed by atoms with van der Waals surface area (Å²) >= 11 is 3.44. The zero-order chi connectivity index (χ0) is 28.3. The van der Waals surface area contributed by atoms with E-state index < -0.39 is 23.2 Å². The van der Waals surface area contributed by atoms with Gasteiger partial charge < -0.3 is 4.74 Å². The molecule has 1 saturated heterocycles. The first kappa shape index (κ1) is 25.4. The zero-order valence-electron chi connectivity index (χ0n) is 22.0. The van der Waals surface area contributed by atoms with E-state index in [2.05, 4.69) is 26.5 Å². The third-order valence-corrected chi connectivity index (χ3v) is 9.06. The highest BCUT2D eigenvalue weighted by atomic mass is 79.9. The van der Waals surface area contributed by atoms with Crippen LogP contribution < -0.4 is 15.1 Å². The maximum Gasteiger partial charge on any atom is 0.271 e. The molecule has 4 aromatic carbocycles. The summed E-state index contributed by atoms with van der Waals surface area (Å²) in [6, 6.07) is 29.8. The van der Waals surface area contributed by atoms with Crippen molar-refractivity contribution in [1.29, 1.82) is 0 Å². The van der Waals surface area contributed by atoms with Crippen LogP contribution in [0.3, 0.4) is 0 Å². The maximum absolute atomic E-state index is 14.4. The summed E-state index contributed by atoms with van der Waals surface area (Å²) in [4.78, 5) is 42.9. The molecule has 1 fully saturated rings. The standard InChI is InChI=1S/C33H24BrN3O4/c1-41-22-8-6-7-19(17-22)30(38)36-35-18-33-25-11-4-2-9-23(25)27(24-10-3-5-12-26(24)33)28-29(33)32(40)37(31(28)39)21-15-13-20(34)14-16-21/h2-18,27-29H,1H3,(H,36,38)/b35-18+. The summed E-state index contributed by atoms with van der Waals surface area (Å²) in [5.41, 5.74) is 6.34. The summed E-state index contributed by atoms with van der Waals surface area (Å²) in [5, 5.41) is 4.47. The van der Waals surface area contributed by atoms with Gasteiger partial charge in [-0.2, -0.15) is 5.10 Å². The van der Waals surface area contributed by atoms with Crippen molar-refractivity contribution in [2.24, 2.45) is 16.9 Å². The summed E-state index contributed by atoms with van der Waals surface area (Å²) in [6.07, 6.45) is 1.66. The van der Waals surface area contributed by atoms with Crippen molar-refractivity contribution in [3.05, 3.63) is 129 Å². The Morgan fingerprint density at radius 3 is 2.22 bits per heavy atom. The van der Waals surface area contributed by atoms with Crippen LogP contribution >= 0.6 is 15.9 Å². The number of nitrogens with zero attached hydrogens (tertiary/aromatic N) is 2. The number of imide groups is 1. The summed E-state index contributed by atoms with van der Waals surface area (Å²) in [5.74, 6) is -1.98. The molecular formula is C33H24BrN3O4. The Bertz CT molecular complexity index is 1720. The van der Waals surface area contributed by atoms with Crippen molar-refractivity contribution in [1.82, 2.24) is 5.43 Å². The van der Waals surface area contributed by atoms with Crippen LogP contribution in [0.1, 0.15) is 38.5 Å². The van der Waals surface area contributed by atoms with Gasteiger partial charge in [-0.05, 0) is 64.7 Å². The predicted molar refractivity (Wildman–Crippen MR) is 158 cm³/mol. The van der Waals surface area contributed by atoms with Gasteiger partial charge >= 0.3 is 0 Å². The molecule has 0 saturated carbocycles. The van der Waals surface area contributed by atoms with Gasteiger partial charge in [0, 0.05) is 22.2 Å². The van der Waals surface area contributed by atoms with Gasteiger partial charge in [-0.3, -0.25) is 14.4 Å². The fourth-order valence-corrected chi connectivity index (χ4v) is 7.18. The Labute approximate surface area is 245 Å². The van der Waals surface area contributed by atoms with E-state index in [0.717, 1.165) is 26.7 Å². The average Bonchev–Trinajstić information content (AvgIpc) is 3.28. The van der Waals surface area contributed by atoms with E-state index in [4.69, 9.17) is 4.74 Å². The van der Waals surface area contributed by atoms with Gasteiger partial charge in [0.15, 0.2) is 0 Å². The molecule has 4 aromatic rings. The highest BCUT2D eigenvalue weighted by Crippen LogP contribution is 2.63. The molecule has 0 aromatic heterocycles. The molecule has 2 unspecified atom stereocenters. The molecule has 2 atom stereocenters. The molecule has 4 aliphatic rings. The minimum atomic E-state index is -1.06. The number of carbonyl (C=O) groups is 3. The number of anilines is 1. The van der Waals surface area contributed by atoms with E-state index in [9.17, 15) is 14.4 Å². The van der Waals surface area contributed by atoms with E-state index in [-0.39, 0.29) is 17.7 Å². The third kappa shape index (κ3) is 3.63. The number of hydrazone groups is 1. The van der Waals surface area contributed by atoms with E-state index in [1.165, 1.54) is 12.0 Å². The largest absolute Gasteiger partial charge is 0.497 e. The fraction of sp³-hybridized carbons (Fsp3) is 0.152. The lowest BCUT2D eigenvalue weighted by Gasteiger charge is -2.52. The molecule has 3 amide bonds. The SMILES string of the molecule is COc1cccc(C(=O)N/N=C/C23c4ccccc4C(c4ccccc42)C2C(=O)N(c4ccc(Br)cc4)C(=O)C23)c1. The molecule has 1 N–H and O–H groups in total. The van der Waals surface area contributed by atoms with E-state index >= 15 is 0 Å². The first-order chi connectivity index (χ1) is 20.0. The number of hydrogen-bond acceptors (Lipinski definition) is 5. The number of nitrogens with one attached hydrogen (secondary N) is 1. The summed E-state index contributed by atoms with van der Waals surface area (Å²) in [7, 11) is 1.54. The van der Waals surface area contributed by atoms with Crippen LogP contribution in [0, 0.1) is 11.8 Å². The highest BCUT2D eigenvalue weighted by Gasteiger charge is 2.68. The average molecular weight is 606 g/mol. The molecule has 8 rings (SSSR count). The van der Waals surface area contributed by atoms with Crippen molar-refractivity contribution in [2.45, 2.75) is 11.3 Å². The van der Waals surface area contributed by atoms with Gasteiger partial charge in [-0.25, -0.2) is 10.3 Å². The second kappa shape index (κ2) is 9.52. The number of ether oxygens (including phenoxy) is 1. The first-order valence-electron chi connectivity index (χ1n) is 13.3. The first-order valence-corrected chi connectivity index (χ1v) is 14.1.